The van der Waals surface area contributed by atoms with Crippen molar-refractivity contribution in [1.82, 2.24) is 5.32 Å². The van der Waals surface area contributed by atoms with Gasteiger partial charge in [-0.15, -0.1) is 0 Å². The summed E-state index contributed by atoms with van der Waals surface area (Å²) in [5, 5.41) is 6.37. The fourth-order valence-electron chi connectivity index (χ4n) is 3.07. The second kappa shape index (κ2) is 6.21. The molecular formula is C18H25N. The topological polar surface area (TPSA) is 12.0 Å². The lowest BCUT2D eigenvalue weighted by Gasteiger charge is -2.29. The molecule has 2 atom stereocenters. The number of rotatable bonds is 5. The van der Waals surface area contributed by atoms with Crippen LogP contribution in [-0.4, -0.2) is 12.6 Å². The van der Waals surface area contributed by atoms with E-state index in [0.717, 1.165) is 6.54 Å². The quantitative estimate of drug-likeness (QED) is 0.824. The molecule has 2 rings (SSSR count). The fraction of sp³-hybridized carbons (Fsp3) is 0.444. The third-order valence-corrected chi connectivity index (χ3v) is 4.01. The number of hydrogen-bond acceptors (Lipinski definition) is 1. The summed E-state index contributed by atoms with van der Waals surface area (Å²) in [6.45, 7) is 10.2. The van der Waals surface area contributed by atoms with Gasteiger partial charge in [0.1, 0.15) is 0 Å². The Morgan fingerprint density at radius 1 is 0.947 bits per heavy atom. The zero-order valence-electron chi connectivity index (χ0n) is 12.5. The molecule has 0 fully saturated rings. The Morgan fingerprint density at radius 2 is 1.63 bits per heavy atom. The van der Waals surface area contributed by atoms with Gasteiger partial charge in [0.15, 0.2) is 0 Å². The first kappa shape index (κ1) is 14.1. The highest BCUT2D eigenvalue weighted by atomic mass is 14.9. The Kier molecular flexibility index (Phi) is 4.60. The number of likely N-dealkylation sites (N-methyl/N-ethyl adjacent to an activating group) is 1. The van der Waals surface area contributed by atoms with Crippen molar-refractivity contribution >= 4 is 10.8 Å². The second-order valence-corrected chi connectivity index (χ2v) is 5.68. The molecule has 19 heavy (non-hydrogen) atoms. The molecule has 0 aliphatic rings. The maximum Gasteiger partial charge on any atom is 0.0156 e. The summed E-state index contributed by atoms with van der Waals surface area (Å²) in [6.07, 6.45) is 0. The van der Waals surface area contributed by atoms with Crippen molar-refractivity contribution in [2.24, 2.45) is 5.92 Å². The molecule has 0 aliphatic carbocycles. The molecule has 1 N–H and O–H groups in total. The van der Waals surface area contributed by atoms with Gasteiger partial charge in [0.2, 0.25) is 0 Å². The highest BCUT2D eigenvalue weighted by Gasteiger charge is 2.22. The first-order chi connectivity index (χ1) is 9.15. The molecule has 0 heterocycles. The minimum absolute atomic E-state index is 0.519. The SMILES string of the molecule is CCNC(C(C)C)C(C)c1cccc2ccccc12. The molecule has 2 unspecified atom stereocenters. The van der Waals surface area contributed by atoms with E-state index in [4.69, 9.17) is 0 Å². The Hall–Kier alpha value is -1.34. The van der Waals surface area contributed by atoms with Crippen LogP contribution in [0.2, 0.25) is 0 Å². The van der Waals surface area contributed by atoms with E-state index in [9.17, 15) is 0 Å². The van der Waals surface area contributed by atoms with Gasteiger partial charge in [0.05, 0.1) is 0 Å². The predicted molar refractivity (Wildman–Crippen MR) is 84.7 cm³/mol. The molecule has 0 saturated carbocycles. The average Bonchev–Trinajstić information content (AvgIpc) is 2.43. The Balaban J connectivity index is 2.42. The van der Waals surface area contributed by atoms with E-state index in [1.54, 1.807) is 0 Å². The maximum absolute atomic E-state index is 3.64. The summed E-state index contributed by atoms with van der Waals surface area (Å²) in [4.78, 5) is 0. The molecule has 0 aliphatic heterocycles. The van der Waals surface area contributed by atoms with Gasteiger partial charge in [-0.1, -0.05) is 70.2 Å². The smallest absolute Gasteiger partial charge is 0.0156 e. The van der Waals surface area contributed by atoms with Crippen molar-refractivity contribution in [3.8, 4) is 0 Å². The minimum atomic E-state index is 0.519. The molecule has 2 aromatic carbocycles. The van der Waals surface area contributed by atoms with E-state index in [0.29, 0.717) is 17.9 Å². The van der Waals surface area contributed by atoms with Crippen molar-refractivity contribution in [1.29, 1.82) is 0 Å². The molecule has 0 radical (unpaired) electrons. The lowest BCUT2D eigenvalue weighted by atomic mass is 9.84. The van der Waals surface area contributed by atoms with Gasteiger partial charge in [0.25, 0.3) is 0 Å². The van der Waals surface area contributed by atoms with Crippen molar-refractivity contribution in [2.75, 3.05) is 6.54 Å². The van der Waals surface area contributed by atoms with Gasteiger partial charge in [-0.05, 0) is 34.7 Å². The molecule has 0 aromatic heterocycles. The van der Waals surface area contributed by atoms with Crippen LogP contribution in [0.25, 0.3) is 10.8 Å². The summed E-state index contributed by atoms with van der Waals surface area (Å²) < 4.78 is 0. The molecule has 0 saturated heterocycles. The first-order valence-corrected chi connectivity index (χ1v) is 7.36. The number of benzene rings is 2. The Morgan fingerprint density at radius 3 is 2.32 bits per heavy atom. The minimum Gasteiger partial charge on any atom is -0.313 e. The number of nitrogens with one attached hydrogen (secondary N) is 1. The van der Waals surface area contributed by atoms with Crippen molar-refractivity contribution in [2.45, 2.75) is 39.7 Å². The molecule has 0 spiro atoms. The Labute approximate surface area is 117 Å². The summed E-state index contributed by atoms with van der Waals surface area (Å²) in [5.41, 5.74) is 1.46. The normalized spacial score (nSPS) is 14.8. The van der Waals surface area contributed by atoms with Crippen molar-refractivity contribution in [3.05, 3.63) is 48.0 Å². The van der Waals surface area contributed by atoms with Gasteiger partial charge < -0.3 is 5.32 Å². The third-order valence-electron chi connectivity index (χ3n) is 4.01. The summed E-state index contributed by atoms with van der Waals surface area (Å²) in [7, 11) is 0. The largest absolute Gasteiger partial charge is 0.313 e. The van der Waals surface area contributed by atoms with E-state index in [1.165, 1.54) is 16.3 Å². The Bertz CT molecular complexity index is 525. The number of fused-ring (bicyclic) bond motifs is 1. The molecule has 1 nitrogen and oxygen atoms in total. The standard InChI is InChI=1S/C18H25N/c1-5-19-18(13(2)3)14(4)16-12-8-10-15-9-6-7-11-17(15)16/h6-14,18-19H,5H2,1-4H3. The van der Waals surface area contributed by atoms with Gasteiger partial charge >= 0.3 is 0 Å². The van der Waals surface area contributed by atoms with Gasteiger partial charge in [-0.2, -0.15) is 0 Å². The third kappa shape index (κ3) is 2.98. The lowest BCUT2D eigenvalue weighted by molar-refractivity contribution is 0.361. The fourth-order valence-corrected chi connectivity index (χ4v) is 3.07. The maximum atomic E-state index is 3.64. The molecule has 0 bridgehead atoms. The van der Waals surface area contributed by atoms with E-state index in [-0.39, 0.29) is 0 Å². The molecule has 1 heteroatoms. The van der Waals surface area contributed by atoms with Crippen LogP contribution < -0.4 is 5.32 Å². The van der Waals surface area contributed by atoms with E-state index in [2.05, 4.69) is 75.5 Å². The van der Waals surface area contributed by atoms with Crippen LogP contribution in [0.4, 0.5) is 0 Å². The van der Waals surface area contributed by atoms with Crippen LogP contribution in [0.1, 0.15) is 39.2 Å². The highest BCUT2D eigenvalue weighted by Crippen LogP contribution is 2.30. The predicted octanol–water partition coefficient (Wildman–Crippen LogP) is 4.58. The zero-order chi connectivity index (χ0) is 13.8. The first-order valence-electron chi connectivity index (χ1n) is 7.36. The van der Waals surface area contributed by atoms with Gasteiger partial charge in [-0.25, -0.2) is 0 Å². The lowest BCUT2D eigenvalue weighted by Crippen LogP contribution is -2.38. The summed E-state index contributed by atoms with van der Waals surface area (Å²) >= 11 is 0. The molecule has 102 valence electrons. The summed E-state index contributed by atoms with van der Waals surface area (Å²) in [6, 6.07) is 15.9. The van der Waals surface area contributed by atoms with Crippen LogP contribution >= 0.6 is 0 Å². The second-order valence-electron chi connectivity index (χ2n) is 5.68. The monoisotopic (exact) mass is 255 g/mol. The van der Waals surface area contributed by atoms with Crippen LogP contribution in [0.3, 0.4) is 0 Å². The summed E-state index contributed by atoms with van der Waals surface area (Å²) in [5.74, 6) is 1.15. The van der Waals surface area contributed by atoms with Crippen molar-refractivity contribution in [3.63, 3.8) is 0 Å². The molecular weight excluding hydrogens is 230 g/mol. The van der Waals surface area contributed by atoms with Gasteiger partial charge in [-0.3, -0.25) is 0 Å². The van der Waals surface area contributed by atoms with Crippen LogP contribution in [0.15, 0.2) is 42.5 Å². The molecule has 0 amide bonds. The van der Waals surface area contributed by atoms with E-state index >= 15 is 0 Å². The highest BCUT2D eigenvalue weighted by molar-refractivity contribution is 5.86. The molecule has 2 aromatic rings. The van der Waals surface area contributed by atoms with Crippen LogP contribution in [0.5, 0.6) is 0 Å². The van der Waals surface area contributed by atoms with E-state index < -0.39 is 0 Å². The van der Waals surface area contributed by atoms with Crippen molar-refractivity contribution < 1.29 is 0 Å². The van der Waals surface area contributed by atoms with E-state index in [1.807, 2.05) is 0 Å². The van der Waals surface area contributed by atoms with Crippen LogP contribution in [-0.2, 0) is 0 Å². The van der Waals surface area contributed by atoms with Gasteiger partial charge in [0, 0.05) is 6.04 Å². The zero-order valence-corrected chi connectivity index (χ0v) is 12.5. The average molecular weight is 255 g/mol. The number of hydrogen-bond donors (Lipinski definition) is 1. The van der Waals surface area contributed by atoms with Crippen LogP contribution in [0, 0.1) is 5.92 Å².